The van der Waals surface area contributed by atoms with Gasteiger partial charge in [0, 0.05) is 0 Å². The van der Waals surface area contributed by atoms with Gasteiger partial charge in [0.2, 0.25) is 5.91 Å². The third-order valence-electron chi connectivity index (χ3n) is 4.65. The fourth-order valence-corrected chi connectivity index (χ4v) is 3.14. The molecule has 0 spiro atoms. The summed E-state index contributed by atoms with van der Waals surface area (Å²) in [6, 6.07) is 21.9. The molecule has 1 aromatic heterocycles. The number of benzene rings is 2. The molecule has 4 nitrogen and oxygen atoms in total. The van der Waals surface area contributed by atoms with Gasteiger partial charge in [0.1, 0.15) is 5.76 Å². The quantitative estimate of drug-likeness (QED) is 0.619. The maximum atomic E-state index is 12.6. The van der Waals surface area contributed by atoms with Crippen LogP contribution in [0.15, 0.2) is 77.4 Å². The second kappa shape index (κ2) is 9.19. The van der Waals surface area contributed by atoms with E-state index in [4.69, 9.17) is 4.42 Å². The number of furan rings is 1. The highest BCUT2D eigenvalue weighted by atomic mass is 16.3. The molecule has 2 atom stereocenters. The SMILES string of the molecule is CC[C@@H](NC(=O)CN[C@@H](c1ccccc1)c1ccco1)c1ccc(C)cc1. The lowest BCUT2D eigenvalue weighted by molar-refractivity contribution is -0.121. The van der Waals surface area contributed by atoms with Crippen molar-refractivity contribution in [2.24, 2.45) is 0 Å². The molecule has 2 aromatic carbocycles. The van der Waals surface area contributed by atoms with Crippen molar-refractivity contribution in [1.29, 1.82) is 0 Å². The second-order valence-electron chi connectivity index (χ2n) is 6.68. The van der Waals surface area contributed by atoms with Crippen molar-refractivity contribution in [2.45, 2.75) is 32.4 Å². The van der Waals surface area contributed by atoms with Gasteiger partial charge in [-0.05, 0) is 36.6 Å². The van der Waals surface area contributed by atoms with Crippen LogP contribution in [0.25, 0.3) is 0 Å². The summed E-state index contributed by atoms with van der Waals surface area (Å²) in [5.74, 6) is 0.759. The molecule has 3 aromatic rings. The first-order chi connectivity index (χ1) is 13.2. The number of rotatable bonds is 8. The minimum atomic E-state index is -0.161. The van der Waals surface area contributed by atoms with Crippen molar-refractivity contribution >= 4 is 5.91 Å². The number of hydrogen-bond donors (Lipinski definition) is 2. The predicted molar refractivity (Wildman–Crippen MR) is 107 cm³/mol. The van der Waals surface area contributed by atoms with Crippen LogP contribution in [0.3, 0.4) is 0 Å². The fraction of sp³-hybridized carbons (Fsp3) is 0.261. The van der Waals surface area contributed by atoms with Crippen LogP contribution in [0.5, 0.6) is 0 Å². The van der Waals surface area contributed by atoms with E-state index in [2.05, 4.69) is 48.7 Å². The lowest BCUT2D eigenvalue weighted by Crippen LogP contribution is -2.37. The smallest absolute Gasteiger partial charge is 0.234 e. The summed E-state index contributed by atoms with van der Waals surface area (Å²) < 4.78 is 5.57. The van der Waals surface area contributed by atoms with E-state index in [-0.39, 0.29) is 24.5 Å². The molecule has 0 fully saturated rings. The average molecular weight is 362 g/mol. The van der Waals surface area contributed by atoms with E-state index in [9.17, 15) is 4.79 Å². The zero-order valence-electron chi connectivity index (χ0n) is 15.8. The zero-order chi connectivity index (χ0) is 19.1. The molecule has 0 aliphatic rings. The average Bonchev–Trinajstić information content (AvgIpc) is 3.22. The monoisotopic (exact) mass is 362 g/mol. The van der Waals surface area contributed by atoms with Gasteiger partial charge in [-0.3, -0.25) is 10.1 Å². The minimum absolute atomic E-state index is 0.0127. The Hall–Kier alpha value is -2.85. The summed E-state index contributed by atoms with van der Waals surface area (Å²) in [5, 5.41) is 6.44. The Labute approximate surface area is 160 Å². The van der Waals surface area contributed by atoms with E-state index in [0.29, 0.717) is 0 Å². The number of amides is 1. The molecule has 140 valence electrons. The predicted octanol–water partition coefficient (Wildman–Crippen LogP) is 4.53. The standard InChI is InChI=1S/C23H26N2O2/c1-3-20(18-13-11-17(2)12-14-18)25-22(26)16-24-23(21-10-7-15-27-21)19-8-5-4-6-9-19/h4-15,20,23-24H,3,16H2,1-2H3,(H,25,26)/t20-,23+/m1/s1. The molecule has 1 amide bonds. The Balaban J connectivity index is 1.64. The molecular weight excluding hydrogens is 336 g/mol. The summed E-state index contributed by atoms with van der Waals surface area (Å²) in [6.07, 6.45) is 2.49. The van der Waals surface area contributed by atoms with Gasteiger partial charge < -0.3 is 9.73 Å². The minimum Gasteiger partial charge on any atom is -0.467 e. The van der Waals surface area contributed by atoms with Gasteiger partial charge in [-0.15, -0.1) is 0 Å². The van der Waals surface area contributed by atoms with E-state index in [1.807, 2.05) is 42.5 Å². The van der Waals surface area contributed by atoms with Gasteiger partial charge in [-0.2, -0.15) is 0 Å². The van der Waals surface area contributed by atoms with Crippen LogP contribution in [-0.2, 0) is 4.79 Å². The Morgan fingerprint density at radius 3 is 2.33 bits per heavy atom. The lowest BCUT2D eigenvalue weighted by Gasteiger charge is -2.20. The van der Waals surface area contributed by atoms with E-state index >= 15 is 0 Å². The van der Waals surface area contributed by atoms with Crippen molar-refractivity contribution in [3.63, 3.8) is 0 Å². The maximum absolute atomic E-state index is 12.6. The summed E-state index contributed by atoms with van der Waals surface area (Å²) in [5.41, 5.74) is 3.40. The molecule has 27 heavy (non-hydrogen) atoms. The normalized spacial score (nSPS) is 13.1. The van der Waals surface area contributed by atoms with Crippen molar-refractivity contribution in [2.75, 3.05) is 6.54 Å². The highest BCUT2D eigenvalue weighted by Crippen LogP contribution is 2.22. The van der Waals surface area contributed by atoms with Gasteiger partial charge in [-0.25, -0.2) is 0 Å². The van der Waals surface area contributed by atoms with Crippen LogP contribution >= 0.6 is 0 Å². The van der Waals surface area contributed by atoms with Crippen LogP contribution < -0.4 is 10.6 Å². The van der Waals surface area contributed by atoms with Crippen molar-refractivity contribution in [3.05, 3.63) is 95.4 Å². The van der Waals surface area contributed by atoms with Crippen LogP contribution in [-0.4, -0.2) is 12.5 Å². The van der Waals surface area contributed by atoms with Gasteiger partial charge in [0.15, 0.2) is 0 Å². The van der Waals surface area contributed by atoms with Crippen LogP contribution in [0.2, 0.25) is 0 Å². The summed E-state index contributed by atoms with van der Waals surface area (Å²) in [7, 11) is 0. The topological polar surface area (TPSA) is 54.3 Å². The Morgan fingerprint density at radius 2 is 1.70 bits per heavy atom. The largest absolute Gasteiger partial charge is 0.467 e. The van der Waals surface area contributed by atoms with Crippen molar-refractivity contribution in [1.82, 2.24) is 10.6 Å². The highest BCUT2D eigenvalue weighted by molar-refractivity contribution is 5.78. The summed E-state index contributed by atoms with van der Waals surface area (Å²) in [4.78, 5) is 12.6. The number of carbonyl (C=O) groups is 1. The molecule has 0 unspecified atom stereocenters. The third kappa shape index (κ3) is 5.08. The van der Waals surface area contributed by atoms with E-state index in [1.54, 1.807) is 6.26 Å². The third-order valence-corrected chi connectivity index (χ3v) is 4.65. The molecular formula is C23H26N2O2. The van der Waals surface area contributed by atoms with Crippen LogP contribution in [0.1, 0.15) is 47.9 Å². The summed E-state index contributed by atoms with van der Waals surface area (Å²) >= 11 is 0. The van der Waals surface area contributed by atoms with E-state index in [0.717, 1.165) is 23.3 Å². The summed E-state index contributed by atoms with van der Waals surface area (Å²) in [6.45, 7) is 4.35. The van der Waals surface area contributed by atoms with Gasteiger partial charge >= 0.3 is 0 Å². The number of nitrogens with one attached hydrogen (secondary N) is 2. The van der Waals surface area contributed by atoms with E-state index < -0.39 is 0 Å². The maximum Gasteiger partial charge on any atom is 0.234 e. The second-order valence-corrected chi connectivity index (χ2v) is 6.68. The van der Waals surface area contributed by atoms with Crippen LogP contribution in [0, 0.1) is 6.92 Å². The molecule has 0 aliphatic heterocycles. The Bertz CT molecular complexity index is 827. The first-order valence-electron chi connectivity index (χ1n) is 9.35. The molecule has 0 saturated heterocycles. The van der Waals surface area contributed by atoms with Crippen molar-refractivity contribution in [3.8, 4) is 0 Å². The first kappa shape index (κ1) is 18.9. The Kier molecular flexibility index (Phi) is 6.44. The molecule has 0 radical (unpaired) electrons. The fourth-order valence-electron chi connectivity index (χ4n) is 3.14. The molecule has 3 rings (SSSR count). The van der Waals surface area contributed by atoms with Gasteiger partial charge in [-0.1, -0.05) is 67.1 Å². The Morgan fingerprint density at radius 1 is 0.963 bits per heavy atom. The first-order valence-corrected chi connectivity index (χ1v) is 9.35. The molecule has 1 heterocycles. The molecule has 4 heteroatoms. The lowest BCUT2D eigenvalue weighted by atomic mass is 10.0. The molecule has 2 N–H and O–H groups in total. The highest BCUT2D eigenvalue weighted by Gasteiger charge is 2.19. The number of carbonyl (C=O) groups excluding carboxylic acids is 1. The van der Waals surface area contributed by atoms with E-state index in [1.165, 1.54) is 5.56 Å². The van der Waals surface area contributed by atoms with Gasteiger partial charge in [0.05, 0.1) is 24.9 Å². The van der Waals surface area contributed by atoms with Gasteiger partial charge in [0.25, 0.3) is 0 Å². The molecule has 0 saturated carbocycles. The zero-order valence-corrected chi connectivity index (χ0v) is 15.8. The molecule has 0 bridgehead atoms. The number of hydrogen-bond acceptors (Lipinski definition) is 3. The molecule has 0 aliphatic carbocycles. The van der Waals surface area contributed by atoms with Crippen LogP contribution in [0.4, 0.5) is 0 Å². The van der Waals surface area contributed by atoms with Crippen molar-refractivity contribution < 1.29 is 9.21 Å². The number of aryl methyl sites for hydroxylation is 1.